The quantitative estimate of drug-likeness (QED) is 0.164. The van der Waals surface area contributed by atoms with Gasteiger partial charge >= 0.3 is 0 Å². The molecule has 0 atom stereocenters. The van der Waals surface area contributed by atoms with Gasteiger partial charge in [0, 0.05) is 29.1 Å². The van der Waals surface area contributed by atoms with Crippen LogP contribution in [0.15, 0.2) is 171 Å². The molecule has 0 amide bonds. The fraction of sp³-hybridized carbons (Fsp3) is 0. The zero-order chi connectivity index (χ0) is 33.2. The van der Waals surface area contributed by atoms with E-state index in [0.29, 0.717) is 0 Å². The summed E-state index contributed by atoms with van der Waals surface area (Å²) in [6, 6.07) is 51.7. The Morgan fingerprint density at radius 1 is 0.469 bits per heavy atom. The summed E-state index contributed by atoms with van der Waals surface area (Å²) in [5.74, 6) is 0. The van der Waals surface area contributed by atoms with Gasteiger partial charge < -0.3 is 0 Å². The lowest BCUT2D eigenvalue weighted by Crippen LogP contribution is -1.88. The minimum absolute atomic E-state index is 0.991. The molecule has 2 nitrogen and oxygen atoms in total. The third-order valence-corrected chi connectivity index (χ3v) is 10.0. The summed E-state index contributed by atoms with van der Waals surface area (Å²) in [6.07, 6.45) is 7.51. The van der Waals surface area contributed by atoms with E-state index in [0.717, 1.165) is 70.9 Å². The molecule has 2 aromatic heterocycles. The number of thiazole rings is 1. The molecule has 3 heteroatoms. The van der Waals surface area contributed by atoms with Gasteiger partial charge in [0.05, 0.1) is 10.2 Å². The van der Waals surface area contributed by atoms with Gasteiger partial charge in [-0.15, -0.1) is 11.3 Å². The molecule has 0 fully saturated rings. The maximum Gasteiger partial charge on any atom is 0.124 e. The first-order chi connectivity index (χ1) is 24.2. The Balaban J connectivity index is 1.26. The lowest BCUT2D eigenvalue weighted by atomic mass is 9.94. The minimum Gasteiger partial charge on any atom is -0.264 e. The van der Waals surface area contributed by atoms with Crippen molar-refractivity contribution in [3.8, 4) is 66.2 Å². The van der Waals surface area contributed by atoms with E-state index in [4.69, 9.17) is 4.98 Å². The fourth-order valence-electron chi connectivity index (χ4n) is 6.48. The predicted octanol–water partition coefficient (Wildman–Crippen LogP) is 13.0. The van der Waals surface area contributed by atoms with Crippen molar-refractivity contribution in [3.63, 3.8) is 0 Å². The average molecular weight is 645 g/mol. The van der Waals surface area contributed by atoms with Crippen LogP contribution in [-0.4, -0.2) is 9.97 Å². The van der Waals surface area contributed by atoms with Gasteiger partial charge in [-0.25, -0.2) is 4.98 Å². The fourth-order valence-corrected chi connectivity index (χ4v) is 7.52. The van der Waals surface area contributed by atoms with Crippen molar-refractivity contribution in [1.29, 1.82) is 0 Å². The van der Waals surface area contributed by atoms with Crippen molar-refractivity contribution in [2.75, 3.05) is 0 Å². The third-order valence-electron chi connectivity index (χ3n) is 8.97. The van der Waals surface area contributed by atoms with Crippen LogP contribution in [0.3, 0.4) is 0 Å². The summed E-state index contributed by atoms with van der Waals surface area (Å²) in [4.78, 5) is 9.66. The first-order valence-corrected chi connectivity index (χ1v) is 17.1. The summed E-state index contributed by atoms with van der Waals surface area (Å²) in [5.41, 5.74) is 15.7. The first kappa shape index (κ1) is 30.2. The SMILES string of the molecule is C=Cc1cccc(-c2ccc(-c3nc4c(-c5cccc(-c6cccnc6)c5)cc(-c5cccc(-c6ccccc6)c5)cc4s3)cc2)c1C=C. The van der Waals surface area contributed by atoms with Crippen molar-refractivity contribution in [3.05, 3.63) is 182 Å². The predicted molar refractivity (Wildman–Crippen MR) is 210 cm³/mol. The Hall–Kier alpha value is -6.16. The molecule has 0 saturated carbocycles. The molecule has 8 aromatic rings. The normalized spacial score (nSPS) is 11.0. The molecule has 232 valence electrons. The van der Waals surface area contributed by atoms with Crippen LogP contribution in [0.2, 0.25) is 0 Å². The summed E-state index contributed by atoms with van der Waals surface area (Å²) in [7, 11) is 0. The number of hydrogen-bond acceptors (Lipinski definition) is 3. The molecule has 0 aliphatic heterocycles. The van der Waals surface area contributed by atoms with Gasteiger partial charge in [-0.1, -0.05) is 141 Å². The molecular weight excluding hydrogens is 613 g/mol. The second kappa shape index (κ2) is 13.2. The van der Waals surface area contributed by atoms with E-state index >= 15 is 0 Å². The molecule has 0 aliphatic carbocycles. The second-order valence-electron chi connectivity index (χ2n) is 12.0. The van der Waals surface area contributed by atoms with Crippen LogP contribution in [0.1, 0.15) is 11.1 Å². The summed E-state index contributed by atoms with van der Waals surface area (Å²) < 4.78 is 1.15. The molecule has 0 N–H and O–H groups in total. The van der Waals surface area contributed by atoms with E-state index in [1.54, 1.807) is 11.3 Å². The van der Waals surface area contributed by atoms with E-state index in [1.165, 1.54) is 16.7 Å². The number of hydrogen-bond donors (Lipinski definition) is 0. The van der Waals surface area contributed by atoms with E-state index in [-0.39, 0.29) is 0 Å². The van der Waals surface area contributed by atoms with Crippen LogP contribution in [0, 0.1) is 0 Å². The molecule has 0 bridgehead atoms. The first-order valence-electron chi connectivity index (χ1n) is 16.3. The molecule has 0 unspecified atom stereocenters. The monoisotopic (exact) mass is 644 g/mol. The Morgan fingerprint density at radius 3 is 1.86 bits per heavy atom. The van der Waals surface area contributed by atoms with Gasteiger partial charge in [0.2, 0.25) is 0 Å². The second-order valence-corrected chi connectivity index (χ2v) is 13.0. The van der Waals surface area contributed by atoms with Crippen molar-refractivity contribution < 1.29 is 0 Å². The molecule has 0 saturated heterocycles. The molecule has 6 aromatic carbocycles. The van der Waals surface area contributed by atoms with Crippen LogP contribution in [0.5, 0.6) is 0 Å². The highest BCUT2D eigenvalue weighted by Crippen LogP contribution is 2.41. The van der Waals surface area contributed by atoms with Crippen molar-refractivity contribution >= 4 is 33.7 Å². The zero-order valence-electron chi connectivity index (χ0n) is 26.9. The van der Waals surface area contributed by atoms with E-state index in [2.05, 4.69) is 158 Å². The summed E-state index contributed by atoms with van der Waals surface area (Å²) in [6.45, 7) is 8.04. The Labute approximate surface area is 291 Å². The Bertz CT molecular complexity index is 2460. The van der Waals surface area contributed by atoms with Gasteiger partial charge in [0.15, 0.2) is 0 Å². The number of benzene rings is 6. The summed E-state index contributed by atoms with van der Waals surface area (Å²) >= 11 is 1.73. The average Bonchev–Trinajstić information content (AvgIpc) is 3.62. The van der Waals surface area contributed by atoms with Crippen LogP contribution >= 0.6 is 11.3 Å². The third kappa shape index (κ3) is 5.93. The van der Waals surface area contributed by atoms with E-state index < -0.39 is 0 Å². The standard InChI is InChI=1S/C46H32N2S/c1-3-31-14-10-20-42(41(31)4-2)33-21-23-34(24-22-33)46-48-45-43(38-18-9-16-36(27-38)39-19-11-25-47-30-39)28-40(29-44(45)49-46)37-17-8-15-35(26-37)32-12-6-5-7-13-32/h3-30H,1-2H2. The number of nitrogens with zero attached hydrogens (tertiary/aromatic N) is 2. The highest BCUT2D eigenvalue weighted by Gasteiger charge is 2.16. The number of rotatable bonds is 8. The molecule has 2 heterocycles. The highest BCUT2D eigenvalue weighted by atomic mass is 32.1. The largest absolute Gasteiger partial charge is 0.264 e. The summed E-state index contributed by atoms with van der Waals surface area (Å²) in [5, 5.41) is 0.991. The van der Waals surface area contributed by atoms with Crippen LogP contribution in [0.25, 0.3) is 88.6 Å². The van der Waals surface area contributed by atoms with Crippen molar-refractivity contribution in [1.82, 2.24) is 9.97 Å². The van der Waals surface area contributed by atoms with Gasteiger partial charge in [-0.3, -0.25) is 4.98 Å². The molecule has 0 radical (unpaired) electrons. The Morgan fingerprint density at radius 2 is 1.12 bits per heavy atom. The van der Waals surface area contributed by atoms with Gasteiger partial charge in [-0.05, 0) is 86.0 Å². The van der Waals surface area contributed by atoms with Crippen LogP contribution in [0.4, 0.5) is 0 Å². The molecule has 8 rings (SSSR count). The zero-order valence-corrected chi connectivity index (χ0v) is 27.7. The van der Waals surface area contributed by atoms with Crippen LogP contribution < -0.4 is 0 Å². The molecule has 0 aliphatic rings. The van der Waals surface area contributed by atoms with E-state index in [1.807, 2.05) is 30.6 Å². The Kier molecular flexibility index (Phi) is 8.10. The molecular formula is C46H32N2S. The topological polar surface area (TPSA) is 25.8 Å². The van der Waals surface area contributed by atoms with Crippen molar-refractivity contribution in [2.24, 2.45) is 0 Å². The minimum atomic E-state index is 0.991. The van der Waals surface area contributed by atoms with E-state index in [9.17, 15) is 0 Å². The van der Waals surface area contributed by atoms with Gasteiger partial charge in [-0.2, -0.15) is 0 Å². The van der Waals surface area contributed by atoms with Crippen molar-refractivity contribution in [2.45, 2.75) is 0 Å². The van der Waals surface area contributed by atoms with Gasteiger partial charge in [0.25, 0.3) is 0 Å². The lowest BCUT2D eigenvalue weighted by molar-refractivity contribution is 1.33. The maximum absolute atomic E-state index is 5.30. The highest BCUT2D eigenvalue weighted by molar-refractivity contribution is 7.21. The smallest absolute Gasteiger partial charge is 0.124 e. The number of fused-ring (bicyclic) bond motifs is 1. The maximum atomic E-state index is 5.30. The number of pyridine rings is 1. The van der Waals surface area contributed by atoms with Gasteiger partial charge in [0.1, 0.15) is 5.01 Å². The molecule has 49 heavy (non-hydrogen) atoms. The lowest BCUT2D eigenvalue weighted by Gasteiger charge is -2.11. The van der Waals surface area contributed by atoms with Crippen LogP contribution in [-0.2, 0) is 0 Å². The number of aromatic nitrogens is 2. The molecule has 0 spiro atoms.